The standard InChI is InChI=1S/C24H23F2N5O/c1-13-21(14(2)32-30-13)17-5-20-22(27-8-17)19(12-31(20)11-15-6-24(25,26)7-15)18-9-28-23(29-10-18)16-3-4-16/h5,8-10,12,15-16H,3-4,6-7,11H2,1-2H3/i11D2. The van der Waals surface area contributed by atoms with Crippen LogP contribution in [0.25, 0.3) is 33.3 Å². The maximum atomic E-state index is 13.6. The Bertz CT molecular complexity index is 1380. The Labute approximate surface area is 186 Å². The molecule has 2 aliphatic rings. The molecule has 0 spiro atoms. The van der Waals surface area contributed by atoms with E-state index in [9.17, 15) is 8.78 Å². The Kier molecular flexibility index (Phi) is 3.76. The van der Waals surface area contributed by atoms with Crippen LogP contribution in [0.2, 0.25) is 0 Å². The van der Waals surface area contributed by atoms with Gasteiger partial charge in [-0.2, -0.15) is 0 Å². The van der Waals surface area contributed by atoms with Gasteiger partial charge < -0.3 is 9.09 Å². The highest BCUT2D eigenvalue weighted by atomic mass is 19.3. The molecular formula is C24H23F2N5O. The zero-order valence-corrected chi connectivity index (χ0v) is 17.8. The molecular weight excluding hydrogens is 412 g/mol. The van der Waals surface area contributed by atoms with Crippen LogP contribution >= 0.6 is 0 Å². The third kappa shape index (κ3) is 3.29. The van der Waals surface area contributed by atoms with E-state index in [1.165, 1.54) is 4.57 Å². The third-order valence-electron chi connectivity index (χ3n) is 6.30. The molecule has 4 aromatic heterocycles. The van der Waals surface area contributed by atoms with Gasteiger partial charge in [-0.25, -0.2) is 18.7 Å². The van der Waals surface area contributed by atoms with Crippen LogP contribution in [0.15, 0.2) is 35.4 Å². The molecule has 6 nitrogen and oxygen atoms in total. The van der Waals surface area contributed by atoms with Crippen LogP contribution in [0.1, 0.15) is 51.6 Å². The molecule has 4 heterocycles. The zero-order valence-electron chi connectivity index (χ0n) is 19.8. The average Bonchev–Trinajstić information content (AvgIpc) is 3.48. The minimum atomic E-state index is -2.82. The van der Waals surface area contributed by atoms with E-state index in [0.717, 1.165) is 29.8 Å². The molecule has 0 saturated heterocycles. The molecule has 0 bridgehead atoms. The largest absolute Gasteiger partial charge is 0.361 e. The van der Waals surface area contributed by atoms with Crippen molar-refractivity contribution in [1.29, 1.82) is 0 Å². The predicted molar refractivity (Wildman–Crippen MR) is 115 cm³/mol. The number of hydrogen-bond acceptors (Lipinski definition) is 5. The van der Waals surface area contributed by atoms with Crippen molar-refractivity contribution >= 4 is 11.0 Å². The molecule has 0 unspecified atom stereocenters. The van der Waals surface area contributed by atoms with Crippen LogP contribution in [0.4, 0.5) is 8.78 Å². The number of halogens is 2. The van der Waals surface area contributed by atoms with E-state index in [0.29, 0.717) is 39.5 Å². The van der Waals surface area contributed by atoms with Gasteiger partial charge in [-0.1, -0.05) is 5.16 Å². The number of aromatic nitrogens is 5. The molecule has 0 aliphatic heterocycles. The molecule has 164 valence electrons. The van der Waals surface area contributed by atoms with Crippen LogP contribution in [-0.4, -0.2) is 30.6 Å². The first-order valence-electron chi connectivity index (χ1n) is 11.8. The molecule has 4 aromatic rings. The number of nitrogens with zero attached hydrogens (tertiary/aromatic N) is 5. The van der Waals surface area contributed by atoms with Gasteiger partial charge in [0.25, 0.3) is 0 Å². The van der Waals surface area contributed by atoms with Crippen molar-refractivity contribution in [3.63, 3.8) is 0 Å². The second kappa shape index (κ2) is 6.92. The van der Waals surface area contributed by atoms with E-state index in [-0.39, 0.29) is 0 Å². The SMILES string of the molecule is [2H]C([2H])(C1CC(F)(F)C1)n1cc(-c2cnc(C3CC3)nc2)c2ncc(-c3c(C)noc3C)cc21. The first kappa shape index (κ1) is 17.4. The molecule has 0 aromatic carbocycles. The van der Waals surface area contributed by atoms with Crippen LogP contribution in [-0.2, 0) is 6.50 Å². The van der Waals surface area contributed by atoms with Gasteiger partial charge in [-0.05, 0) is 38.7 Å². The van der Waals surface area contributed by atoms with Crippen molar-refractivity contribution in [2.24, 2.45) is 5.92 Å². The Balaban J connectivity index is 1.51. The number of hydrogen-bond donors (Lipinski definition) is 0. The second-order valence-electron chi connectivity index (χ2n) is 8.90. The quantitative estimate of drug-likeness (QED) is 0.401. The third-order valence-corrected chi connectivity index (χ3v) is 6.30. The molecule has 2 fully saturated rings. The first-order valence-corrected chi connectivity index (χ1v) is 10.8. The summed E-state index contributed by atoms with van der Waals surface area (Å²) in [5, 5.41) is 4.01. The normalized spacial score (nSPS) is 19.6. The van der Waals surface area contributed by atoms with Crippen LogP contribution in [0, 0.1) is 19.8 Å². The lowest BCUT2D eigenvalue weighted by Crippen LogP contribution is -2.37. The van der Waals surface area contributed by atoms with Gasteiger partial charge in [-0.15, -0.1) is 0 Å². The fraction of sp³-hybridized carbons (Fsp3) is 0.417. The van der Waals surface area contributed by atoms with Crippen LogP contribution in [0.5, 0.6) is 0 Å². The number of alkyl halides is 2. The van der Waals surface area contributed by atoms with Gasteiger partial charge in [0.15, 0.2) is 0 Å². The van der Waals surface area contributed by atoms with Crippen molar-refractivity contribution in [2.75, 3.05) is 0 Å². The summed E-state index contributed by atoms with van der Waals surface area (Å²) < 4.78 is 51.6. The lowest BCUT2D eigenvalue weighted by molar-refractivity contribution is -0.113. The average molecular weight is 437 g/mol. The molecule has 6 rings (SSSR count). The van der Waals surface area contributed by atoms with Gasteiger partial charge in [-0.3, -0.25) is 4.98 Å². The summed E-state index contributed by atoms with van der Waals surface area (Å²) in [6.07, 6.45) is 8.05. The Morgan fingerprint density at radius 2 is 1.84 bits per heavy atom. The maximum absolute atomic E-state index is 13.6. The topological polar surface area (TPSA) is 69.6 Å². The van der Waals surface area contributed by atoms with Gasteiger partial charge >= 0.3 is 0 Å². The number of rotatable bonds is 5. The smallest absolute Gasteiger partial charge is 0.248 e. The molecule has 0 N–H and O–H groups in total. The van der Waals surface area contributed by atoms with Gasteiger partial charge in [0.05, 0.1) is 19.5 Å². The van der Waals surface area contributed by atoms with Crippen molar-refractivity contribution in [1.82, 2.24) is 24.7 Å². The summed E-state index contributed by atoms with van der Waals surface area (Å²) in [5.74, 6) is -1.77. The second-order valence-corrected chi connectivity index (χ2v) is 8.90. The van der Waals surface area contributed by atoms with E-state index in [4.69, 9.17) is 7.26 Å². The number of fused-ring (bicyclic) bond motifs is 1. The van der Waals surface area contributed by atoms with E-state index in [2.05, 4.69) is 20.1 Å². The highest BCUT2D eigenvalue weighted by Gasteiger charge is 2.45. The van der Waals surface area contributed by atoms with E-state index in [1.54, 1.807) is 31.7 Å². The minimum absolute atomic E-state index is 0.417. The summed E-state index contributed by atoms with van der Waals surface area (Å²) in [6, 6.07) is 1.83. The van der Waals surface area contributed by atoms with Crippen molar-refractivity contribution in [2.45, 2.75) is 57.9 Å². The highest BCUT2D eigenvalue weighted by molar-refractivity contribution is 5.94. The molecule has 8 heteroatoms. The van der Waals surface area contributed by atoms with E-state index in [1.807, 2.05) is 13.0 Å². The summed E-state index contributed by atoms with van der Waals surface area (Å²) in [7, 11) is 0. The molecule has 32 heavy (non-hydrogen) atoms. The summed E-state index contributed by atoms with van der Waals surface area (Å²) in [5.41, 5.74) is 4.66. The highest BCUT2D eigenvalue weighted by Crippen LogP contribution is 2.44. The Morgan fingerprint density at radius 1 is 1.12 bits per heavy atom. The fourth-order valence-corrected chi connectivity index (χ4v) is 4.43. The summed E-state index contributed by atoms with van der Waals surface area (Å²) in [4.78, 5) is 13.7. The van der Waals surface area contributed by atoms with Crippen molar-refractivity contribution < 1.29 is 16.0 Å². The van der Waals surface area contributed by atoms with Gasteiger partial charge in [0, 0.05) is 72.3 Å². The molecule has 0 atom stereocenters. The van der Waals surface area contributed by atoms with E-state index >= 15 is 0 Å². The monoisotopic (exact) mass is 437 g/mol. The molecule has 0 amide bonds. The van der Waals surface area contributed by atoms with Crippen molar-refractivity contribution in [3.05, 3.63) is 48.1 Å². The molecule has 2 saturated carbocycles. The van der Waals surface area contributed by atoms with Crippen LogP contribution < -0.4 is 0 Å². The van der Waals surface area contributed by atoms with Crippen LogP contribution in [0.3, 0.4) is 0 Å². The fourth-order valence-electron chi connectivity index (χ4n) is 4.43. The summed E-state index contributed by atoms with van der Waals surface area (Å²) >= 11 is 0. The van der Waals surface area contributed by atoms with E-state index < -0.39 is 31.2 Å². The maximum Gasteiger partial charge on any atom is 0.248 e. The number of pyridine rings is 1. The lowest BCUT2D eigenvalue weighted by atomic mass is 9.81. The predicted octanol–water partition coefficient (Wildman–Crippen LogP) is 5.69. The molecule has 2 aliphatic carbocycles. The first-order chi connectivity index (χ1) is 16.1. The minimum Gasteiger partial charge on any atom is -0.361 e. The summed E-state index contributed by atoms with van der Waals surface area (Å²) in [6.45, 7) is 1.61. The molecule has 0 radical (unpaired) electrons. The lowest BCUT2D eigenvalue weighted by Gasteiger charge is -2.35. The van der Waals surface area contributed by atoms with Crippen molar-refractivity contribution in [3.8, 4) is 22.3 Å². The Morgan fingerprint density at radius 3 is 2.47 bits per heavy atom. The van der Waals surface area contributed by atoms with Gasteiger partial charge in [0.2, 0.25) is 5.92 Å². The Hall–Kier alpha value is -3.16. The number of aryl methyl sites for hydroxylation is 2. The zero-order chi connectivity index (χ0) is 23.8. The van der Waals surface area contributed by atoms with Gasteiger partial charge in [0.1, 0.15) is 11.6 Å².